The molecule has 25 heavy (non-hydrogen) atoms. The van der Waals surface area contributed by atoms with Crippen molar-refractivity contribution in [3.05, 3.63) is 30.4 Å². The van der Waals surface area contributed by atoms with Crippen LogP contribution in [0.5, 0.6) is 0 Å². The molecular formula is C18H25N5O2. The lowest BCUT2D eigenvalue weighted by Crippen LogP contribution is -2.43. The van der Waals surface area contributed by atoms with E-state index in [4.69, 9.17) is 4.42 Å². The number of pyridine rings is 1. The average molecular weight is 343 g/mol. The number of likely N-dealkylation sites (tertiary alicyclic amines) is 1. The van der Waals surface area contributed by atoms with Gasteiger partial charge in [-0.2, -0.15) is 0 Å². The zero-order valence-corrected chi connectivity index (χ0v) is 14.9. The summed E-state index contributed by atoms with van der Waals surface area (Å²) in [5.41, 5.74) is 0.837. The number of likely N-dealkylation sites (N-methyl/N-ethyl adjacent to an activating group) is 1. The maximum Gasteiger partial charge on any atom is 0.249 e. The van der Waals surface area contributed by atoms with Crippen LogP contribution in [0.4, 0.5) is 0 Å². The van der Waals surface area contributed by atoms with Gasteiger partial charge in [-0.3, -0.25) is 14.7 Å². The van der Waals surface area contributed by atoms with Crippen LogP contribution < -0.4 is 0 Å². The van der Waals surface area contributed by atoms with Gasteiger partial charge in [0.1, 0.15) is 0 Å². The summed E-state index contributed by atoms with van der Waals surface area (Å²) in [7, 11) is 0. The number of hydrogen-bond donors (Lipinski definition) is 0. The molecule has 0 bridgehead atoms. The smallest absolute Gasteiger partial charge is 0.249 e. The second-order valence-electron chi connectivity index (χ2n) is 6.30. The molecule has 1 amide bonds. The third-order valence-electron chi connectivity index (χ3n) is 4.76. The van der Waals surface area contributed by atoms with Crippen LogP contribution in [0.15, 0.2) is 28.9 Å². The van der Waals surface area contributed by atoms with Crippen LogP contribution in [-0.4, -0.2) is 63.6 Å². The summed E-state index contributed by atoms with van der Waals surface area (Å²) in [5.74, 6) is 1.67. The minimum Gasteiger partial charge on any atom is -0.420 e. The van der Waals surface area contributed by atoms with E-state index in [2.05, 4.69) is 20.1 Å². The molecule has 3 heterocycles. The molecule has 7 heteroatoms. The van der Waals surface area contributed by atoms with Gasteiger partial charge in [0.2, 0.25) is 17.7 Å². The Bertz CT molecular complexity index is 676. The van der Waals surface area contributed by atoms with Gasteiger partial charge in [-0.1, -0.05) is 0 Å². The van der Waals surface area contributed by atoms with Gasteiger partial charge in [0, 0.05) is 31.4 Å². The summed E-state index contributed by atoms with van der Waals surface area (Å²) in [6, 6.07) is 3.76. The van der Waals surface area contributed by atoms with Crippen LogP contribution in [0.2, 0.25) is 0 Å². The second kappa shape index (κ2) is 8.20. The molecule has 0 atom stereocenters. The highest BCUT2D eigenvalue weighted by Crippen LogP contribution is 2.29. The Morgan fingerprint density at radius 2 is 2.04 bits per heavy atom. The zero-order chi connectivity index (χ0) is 17.6. The third kappa shape index (κ3) is 4.22. The molecule has 2 aromatic heterocycles. The van der Waals surface area contributed by atoms with E-state index < -0.39 is 0 Å². The third-order valence-corrected chi connectivity index (χ3v) is 4.76. The van der Waals surface area contributed by atoms with Crippen LogP contribution in [0.3, 0.4) is 0 Å². The standard InChI is InChI=1S/C18H25N5O2/c1-3-23(4-2)16(24)13-22-10-7-14(8-11-22)17-20-21-18(25-17)15-6-5-9-19-12-15/h5-6,9,12,14H,3-4,7-8,10-11,13H2,1-2H3. The lowest BCUT2D eigenvalue weighted by atomic mass is 9.97. The molecule has 0 unspecified atom stereocenters. The normalized spacial score (nSPS) is 16.1. The monoisotopic (exact) mass is 343 g/mol. The first kappa shape index (κ1) is 17.5. The molecule has 134 valence electrons. The topological polar surface area (TPSA) is 75.4 Å². The van der Waals surface area contributed by atoms with Gasteiger partial charge in [0.05, 0.1) is 12.1 Å². The Balaban J connectivity index is 1.54. The predicted molar refractivity (Wildman–Crippen MR) is 93.9 cm³/mol. The van der Waals surface area contributed by atoms with Crippen molar-refractivity contribution in [2.75, 3.05) is 32.7 Å². The fraction of sp³-hybridized carbons (Fsp3) is 0.556. The molecule has 0 N–H and O–H groups in total. The van der Waals surface area contributed by atoms with Crippen LogP contribution in [-0.2, 0) is 4.79 Å². The van der Waals surface area contributed by atoms with E-state index in [1.807, 2.05) is 30.9 Å². The van der Waals surface area contributed by atoms with Crippen molar-refractivity contribution in [2.24, 2.45) is 0 Å². The Morgan fingerprint density at radius 1 is 1.28 bits per heavy atom. The van der Waals surface area contributed by atoms with Gasteiger partial charge in [-0.05, 0) is 51.9 Å². The molecule has 1 aliphatic rings. The lowest BCUT2D eigenvalue weighted by molar-refractivity contribution is -0.132. The van der Waals surface area contributed by atoms with Gasteiger partial charge >= 0.3 is 0 Å². The molecular weight excluding hydrogens is 318 g/mol. The van der Waals surface area contributed by atoms with Crippen molar-refractivity contribution in [3.63, 3.8) is 0 Å². The fourth-order valence-electron chi connectivity index (χ4n) is 3.21. The number of rotatable bonds is 6. The predicted octanol–water partition coefficient (Wildman–Crippen LogP) is 2.18. The summed E-state index contributed by atoms with van der Waals surface area (Å²) in [6.45, 7) is 7.83. The highest BCUT2D eigenvalue weighted by Gasteiger charge is 2.26. The van der Waals surface area contributed by atoms with E-state index in [1.165, 1.54) is 0 Å². The number of piperidine rings is 1. The number of amides is 1. The molecule has 1 fully saturated rings. The van der Waals surface area contributed by atoms with E-state index in [0.29, 0.717) is 18.3 Å². The molecule has 1 aliphatic heterocycles. The first-order chi connectivity index (χ1) is 12.2. The maximum absolute atomic E-state index is 12.2. The van der Waals surface area contributed by atoms with Crippen LogP contribution in [0.25, 0.3) is 11.5 Å². The quantitative estimate of drug-likeness (QED) is 0.800. The number of hydrogen-bond acceptors (Lipinski definition) is 6. The molecule has 0 spiro atoms. The fourth-order valence-corrected chi connectivity index (χ4v) is 3.21. The van der Waals surface area contributed by atoms with E-state index >= 15 is 0 Å². The summed E-state index contributed by atoms with van der Waals surface area (Å²) in [4.78, 5) is 20.4. The van der Waals surface area contributed by atoms with Crippen molar-refractivity contribution >= 4 is 5.91 Å². The van der Waals surface area contributed by atoms with Gasteiger partial charge in [-0.15, -0.1) is 10.2 Å². The Kier molecular flexibility index (Phi) is 5.75. The van der Waals surface area contributed by atoms with E-state index in [9.17, 15) is 4.79 Å². The lowest BCUT2D eigenvalue weighted by Gasteiger charge is -2.31. The summed E-state index contributed by atoms with van der Waals surface area (Å²) in [5, 5.41) is 8.36. The minimum atomic E-state index is 0.208. The molecule has 7 nitrogen and oxygen atoms in total. The van der Waals surface area contributed by atoms with E-state index in [-0.39, 0.29) is 11.8 Å². The van der Waals surface area contributed by atoms with Crippen molar-refractivity contribution in [1.29, 1.82) is 0 Å². The van der Waals surface area contributed by atoms with Gasteiger partial charge < -0.3 is 9.32 Å². The molecule has 3 rings (SSSR count). The number of aromatic nitrogens is 3. The van der Waals surface area contributed by atoms with Crippen LogP contribution in [0, 0.1) is 0 Å². The maximum atomic E-state index is 12.2. The average Bonchev–Trinajstić information content (AvgIpc) is 3.14. The molecule has 1 saturated heterocycles. The number of carbonyl (C=O) groups is 1. The number of nitrogens with zero attached hydrogens (tertiary/aromatic N) is 5. The Morgan fingerprint density at radius 3 is 2.68 bits per heavy atom. The highest BCUT2D eigenvalue weighted by molar-refractivity contribution is 5.78. The largest absolute Gasteiger partial charge is 0.420 e. The summed E-state index contributed by atoms with van der Waals surface area (Å²) >= 11 is 0. The second-order valence-corrected chi connectivity index (χ2v) is 6.30. The van der Waals surface area contributed by atoms with Gasteiger partial charge in [-0.25, -0.2) is 0 Å². The van der Waals surface area contributed by atoms with Gasteiger partial charge in [0.25, 0.3) is 0 Å². The molecule has 0 aromatic carbocycles. The van der Waals surface area contributed by atoms with Crippen LogP contribution in [0.1, 0.15) is 38.5 Å². The first-order valence-electron chi connectivity index (χ1n) is 8.95. The summed E-state index contributed by atoms with van der Waals surface area (Å²) in [6.07, 6.45) is 5.30. The summed E-state index contributed by atoms with van der Waals surface area (Å²) < 4.78 is 5.84. The van der Waals surface area contributed by atoms with E-state index in [0.717, 1.165) is 44.6 Å². The van der Waals surface area contributed by atoms with Crippen molar-refractivity contribution in [2.45, 2.75) is 32.6 Å². The van der Waals surface area contributed by atoms with Crippen molar-refractivity contribution in [1.82, 2.24) is 25.0 Å². The van der Waals surface area contributed by atoms with E-state index in [1.54, 1.807) is 12.4 Å². The highest BCUT2D eigenvalue weighted by atomic mass is 16.4. The van der Waals surface area contributed by atoms with Gasteiger partial charge in [0.15, 0.2) is 0 Å². The van der Waals surface area contributed by atoms with Crippen LogP contribution >= 0.6 is 0 Å². The Labute approximate surface area is 148 Å². The molecule has 0 saturated carbocycles. The minimum absolute atomic E-state index is 0.208. The SMILES string of the molecule is CCN(CC)C(=O)CN1CCC(c2nnc(-c3cccnc3)o2)CC1. The van der Waals surface area contributed by atoms with Crippen molar-refractivity contribution < 1.29 is 9.21 Å². The molecule has 0 radical (unpaired) electrons. The number of carbonyl (C=O) groups excluding carboxylic acids is 1. The zero-order valence-electron chi connectivity index (χ0n) is 14.9. The first-order valence-corrected chi connectivity index (χ1v) is 8.95. The molecule has 2 aromatic rings. The molecule has 0 aliphatic carbocycles. The van der Waals surface area contributed by atoms with Crippen molar-refractivity contribution in [3.8, 4) is 11.5 Å². The Hall–Kier alpha value is -2.28.